The van der Waals surface area contributed by atoms with Gasteiger partial charge in [0.15, 0.2) is 11.9 Å². The molecule has 0 saturated carbocycles. The van der Waals surface area contributed by atoms with Crippen LogP contribution < -0.4 is 10.1 Å². The first-order chi connectivity index (χ1) is 14.0. The van der Waals surface area contributed by atoms with Gasteiger partial charge in [0.1, 0.15) is 5.75 Å². The number of amides is 1. The first-order valence-corrected chi connectivity index (χ1v) is 9.72. The molecule has 0 aliphatic carbocycles. The van der Waals surface area contributed by atoms with E-state index in [2.05, 4.69) is 11.4 Å². The summed E-state index contributed by atoms with van der Waals surface area (Å²) in [5, 5.41) is 2.88. The Morgan fingerprint density at radius 3 is 2.17 bits per heavy atom. The Labute approximate surface area is 171 Å². The van der Waals surface area contributed by atoms with Gasteiger partial charge in [-0.1, -0.05) is 55.5 Å². The van der Waals surface area contributed by atoms with Crippen molar-refractivity contribution in [3.63, 3.8) is 0 Å². The lowest BCUT2D eigenvalue weighted by Crippen LogP contribution is -2.33. The van der Waals surface area contributed by atoms with E-state index in [9.17, 15) is 9.59 Å². The SMILES string of the molecule is CC[C@@H](Oc1cc(C)cc(C)c1)C(=O)Nc1ccccc1C(=O)c1ccccc1. The molecule has 0 bridgehead atoms. The monoisotopic (exact) mass is 387 g/mol. The molecule has 3 rings (SSSR count). The highest BCUT2D eigenvalue weighted by Gasteiger charge is 2.21. The zero-order chi connectivity index (χ0) is 20.8. The van der Waals surface area contributed by atoms with Crippen molar-refractivity contribution >= 4 is 17.4 Å². The number of anilines is 1. The van der Waals surface area contributed by atoms with Gasteiger partial charge in [-0.2, -0.15) is 0 Å². The van der Waals surface area contributed by atoms with Crippen LogP contribution in [0.3, 0.4) is 0 Å². The van der Waals surface area contributed by atoms with Crippen LogP contribution in [0.25, 0.3) is 0 Å². The molecule has 1 N–H and O–H groups in total. The molecule has 0 radical (unpaired) electrons. The summed E-state index contributed by atoms with van der Waals surface area (Å²) in [5.74, 6) is 0.253. The van der Waals surface area contributed by atoms with E-state index in [1.54, 1.807) is 36.4 Å². The summed E-state index contributed by atoms with van der Waals surface area (Å²) in [5.41, 5.74) is 3.66. The average Bonchev–Trinajstić information content (AvgIpc) is 2.71. The second-order valence-electron chi connectivity index (χ2n) is 7.07. The van der Waals surface area contributed by atoms with E-state index in [0.29, 0.717) is 29.0 Å². The van der Waals surface area contributed by atoms with E-state index in [1.165, 1.54) is 0 Å². The molecule has 4 heteroatoms. The van der Waals surface area contributed by atoms with E-state index >= 15 is 0 Å². The van der Waals surface area contributed by atoms with Gasteiger partial charge in [-0.15, -0.1) is 0 Å². The van der Waals surface area contributed by atoms with Gasteiger partial charge in [0.05, 0.1) is 5.69 Å². The van der Waals surface area contributed by atoms with Crippen molar-refractivity contribution in [3.8, 4) is 5.75 Å². The lowest BCUT2D eigenvalue weighted by molar-refractivity contribution is -0.122. The number of nitrogens with one attached hydrogen (secondary N) is 1. The molecule has 0 aliphatic rings. The van der Waals surface area contributed by atoms with Gasteiger partial charge in [0.25, 0.3) is 5.91 Å². The maximum absolute atomic E-state index is 12.9. The Morgan fingerprint density at radius 2 is 1.52 bits per heavy atom. The summed E-state index contributed by atoms with van der Waals surface area (Å²) < 4.78 is 5.95. The topological polar surface area (TPSA) is 55.4 Å². The highest BCUT2D eigenvalue weighted by Crippen LogP contribution is 2.22. The van der Waals surface area contributed by atoms with Gasteiger partial charge in [-0.25, -0.2) is 0 Å². The van der Waals surface area contributed by atoms with Crippen molar-refractivity contribution in [1.29, 1.82) is 0 Å². The minimum Gasteiger partial charge on any atom is -0.481 e. The number of carbonyl (C=O) groups is 2. The lowest BCUT2D eigenvalue weighted by Gasteiger charge is -2.19. The summed E-state index contributed by atoms with van der Waals surface area (Å²) >= 11 is 0. The fraction of sp³-hybridized carbons (Fsp3) is 0.200. The van der Waals surface area contributed by atoms with Crippen molar-refractivity contribution in [1.82, 2.24) is 0 Å². The molecule has 0 saturated heterocycles. The molecule has 0 aliphatic heterocycles. The Morgan fingerprint density at radius 1 is 0.897 bits per heavy atom. The quantitative estimate of drug-likeness (QED) is 0.558. The maximum Gasteiger partial charge on any atom is 0.265 e. The molecule has 4 nitrogen and oxygen atoms in total. The number of ketones is 1. The Hall–Kier alpha value is -3.40. The van der Waals surface area contributed by atoms with Crippen LogP contribution in [0, 0.1) is 13.8 Å². The Bertz CT molecular complexity index is 991. The number of carbonyl (C=O) groups excluding carboxylic acids is 2. The highest BCUT2D eigenvalue weighted by molar-refractivity contribution is 6.14. The molecule has 3 aromatic carbocycles. The smallest absolute Gasteiger partial charge is 0.265 e. The highest BCUT2D eigenvalue weighted by atomic mass is 16.5. The zero-order valence-corrected chi connectivity index (χ0v) is 16.9. The Balaban J connectivity index is 1.80. The van der Waals surface area contributed by atoms with Crippen LogP contribution in [0.5, 0.6) is 5.75 Å². The average molecular weight is 387 g/mol. The number of para-hydroxylation sites is 1. The largest absolute Gasteiger partial charge is 0.481 e. The molecular formula is C25H25NO3. The van der Waals surface area contributed by atoms with Crippen LogP contribution in [-0.2, 0) is 4.79 Å². The van der Waals surface area contributed by atoms with Crippen molar-refractivity contribution in [2.45, 2.75) is 33.3 Å². The molecule has 29 heavy (non-hydrogen) atoms. The fourth-order valence-corrected chi connectivity index (χ4v) is 3.24. The number of benzene rings is 3. The Kier molecular flexibility index (Phi) is 6.45. The molecule has 3 aromatic rings. The predicted molar refractivity (Wildman–Crippen MR) is 116 cm³/mol. The van der Waals surface area contributed by atoms with Crippen molar-refractivity contribution in [2.24, 2.45) is 0 Å². The van der Waals surface area contributed by atoms with Crippen LogP contribution in [0.1, 0.15) is 40.4 Å². The van der Waals surface area contributed by atoms with Gasteiger partial charge in [0.2, 0.25) is 0 Å². The molecule has 1 atom stereocenters. The second-order valence-corrected chi connectivity index (χ2v) is 7.07. The molecule has 0 aromatic heterocycles. The molecule has 0 heterocycles. The van der Waals surface area contributed by atoms with Gasteiger partial charge in [-0.3, -0.25) is 9.59 Å². The van der Waals surface area contributed by atoms with Crippen LogP contribution in [0.4, 0.5) is 5.69 Å². The summed E-state index contributed by atoms with van der Waals surface area (Å²) in [6.07, 6.45) is -0.149. The van der Waals surface area contributed by atoms with E-state index in [-0.39, 0.29) is 11.7 Å². The number of aryl methyl sites for hydroxylation is 2. The molecule has 0 fully saturated rings. The first kappa shape index (κ1) is 20.3. The minimum atomic E-state index is -0.656. The van der Waals surface area contributed by atoms with Crippen LogP contribution in [0.15, 0.2) is 72.8 Å². The summed E-state index contributed by atoms with van der Waals surface area (Å²) in [4.78, 5) is 25.8. The number of ether oxygens (including phenoxy) is 1. The normalized spacial score (nSPS) is 11.6. The minimum absolute atomic E-state index is 0.134. The third-order valence-corrected chi connectivity index (χ3v) is 4.60. The van der Waals surface area contributed by atoms with Gasteiger partial charge in [0, 0.05) is 11.1 Å². The van der Waals surface area contributed by atoms with Crippen molar-refractivity contribution < 1.29 is 14.3 Å². The lowest BCUT2D eigenvalue weighted by atomic mass is 10.0. The van der Waals surface area contributed by atoms with Gasteiger partial charge in [-0.05, 0) is 55.7 Å². The van der Waals surface area contributed by atoms with E-state index in [1.807, 2.05) is 51.1 Å². The maximum atomic E-state index is 12.9. The van der Waals surface area contributed by atoms with E-state index in [0.717, 1.165) is 11.1 Å². The predicted octanol–water partition coefficient (Wildman–Crippen LogP) is 5.33. The number of hydrogen-bond acceptors (Lipinski definition) is 3. The van der Waals surface area contributed by atoms with Gasteiger partial charge >= 0.3 is 0 Å². The van der Waals surface area contributed by atoms with E-state index < -0.39 is 6.10 Å². The van der Waals surface area contributed by atoms with Crippen LogP contribution in [0.2, 0.25) is 0 Å². The van der Waals surface area contributed by atoms with Crippen molar-refractivity contribution in [2.75, 3.05) is 5.32 Å². The summed E-state index contributed by atoms with van der Waals surface area (Å²) in [6, 6.07) is 21.9. The molecule has 148 valence electrons. The summed E-state index contributed by atoms with van der Waals surface area (Å²) in [7, 11) is 0. The number of hydrogen-bond donors (Lipinski definition) is 1. The van der Waals surface area contributed by atoms with Crippen LogP contribution in [-0.4, -0.2) is 17.8 Å². The first-order valence-electron chi connectivity index (χ1n) is 9.72. The number of rotatable bonds is 7. The van der Waals surface area contributed by atoms with E-state index in [4.69, 9.17) is 4.74 Å². The molecule has 0 spiro atoms. The molecule has 0 unspecified atom stereocenters. The third kappa shape index (κ3) is 5.11. The fourth-order valence-electron chi connectivity index (χ4n) is 3.24. The second kappa shape index (κ2) is 9.20. The van der Waals surface area contributed by atoms with Crippen molar-refractivity contribution in [3.05, 3.63) is 95.1 Å². The van der Waals surface area contributed by atoms with Crippen LogP contribution >= 0.6 is 0 Å². The zero-order valence-electron chi connectivity index (χ0n) is 16.9. The molecule has 1 amide bonds. The van der Waals surface area contributed by atoms with Gasteiger partial charge < -0.3 is 10.1 Å². The summed E-state index contributed by atoms with van der Waals surface area (Å²) in [6.45, 7) is 5.88. The third-order valence-electron chi connectivity index (χ3n) is 4.60. The molecular weight excluding hydrogens is 362 g/mol. The standard InChI is InChI=1S/C25H25NO3/c1-4-23(29-20-15-17(2)14-18(3)16-20)25(28)26-22-13-9-8-12-21(22)24(27)19-10-6-5-7-11-19/h5-16,23H,4H2,1-3H3,(H,26,28)/t23-/m1/s1.